The van der Waals surface area contributed by atoms with Gasteiger partial charge < -0.3 is 15.8 Å². The summed E-state index contributed by atoms with van der Waals surface area (Å²) in [6, 6.07) is 14.8. The number of aromatic nitrogens is 2. The lowest BCUT2D eigenvalue weighted by atomic mass is 10.2. The zero-order valence-electron chi connectivity index (χ0n) is 14.5. The van der Waals surface area contributed by atoms with Gasteiger partial charge in [-0.25, -0.2) is 9.48 Å². The molecule has 9 heteroatoms. The number of nitro benzene ring substituents is 1. The van der Waals surface area contributed by atoms with E-state index in [0.29, 0.717) is 11.4 Å². The Morgan fingerprint density at radius 3 is 2.48 bits per heavy atom. The van der Waals surface area contributed by atoms with Crippen LogP contribution in [0.1, 0.15) is 17.3 Å². The third-order valence-corrected chi connectivity index (χ3v) is 3.74. The Morgan fingerprint density at radius 1 is 1.22 bits per heavy atom. The fourth-order valence-electron chi connectivity index (χ4n) is 2.49. The summed E-state index contributed by atoms with van der Waals surface area (Å²) in [6.45, 7) is 1.88. The largest absolute Gasteiger partial charge is 0.462 e. The quantitative estimate of drug-likeness (QED) is 0.389. The van der Waals surface area contributed by atoms with Crippen molar-refractivity contribution in [2.45, 2.75) is 6.92 Å². The molecule has 0 unspecified atom stereocenters. The number of benzene rings is 2. The summed E-state index contributed by atoms with van der Waals surface area (Å²) in [5, 5.41) is 18.1. The Kier molecular flexibility index (Phi) is 5.02. The minimum absolute atomic E-state index is 0.0412. The van der Waals surface area contributed by atoms with Gasteiger partial charge in [0.2, 0.25) is 0 Å². The molecule has 0 bridgehead atoms. The number of nitrogen functional groups attached to an aromatic ring is 1. The summed E-state index contributed by atoms with van der Waals surface area (Å²) in [5.41, 5.74) is 7.41. The summed E-state index contributed by atoms with van der Waals surface area (Å²) in [7, 11) is 0. The maximum atomic E-state index is 12.4. The van der Waals surface area contributed by atoms with Crippen LogP contribution in [0.15, 0.2) is 54.6 Å². The van der Waals surface area contributed by atoms with Gasteiger partial charge in [-0.1, -0.05) is 18.2 Å². The van der Waals surface area contributed by atoms with Gasteiger partial charge in [0.25, 0.3) is 5.69 Å². The van der Waals surface area contributed by atoms with E-state index in [2.05, 4.69) is 10.4 Å². The highest BCUT2D eigenvalue weighted by atomic mass is 16.6. The summed E-state index contributed by atoms with van der Waals surface area (Å²) >= 11 is 0. The number of rotatable bonds is 6. The van der Waals surface area contributed by atoms with Crippen molar-refractivity contribution < 1.29 is 14.5 Å². The third kappa shape index (κ3) is 3.71. The molecule has 0 spiro atoms. The Hall–Kier alpha value is -3.88. The average Bonchev–Trinajstić information content (AvgIpc) is 2.99. The fraction of sp³-hybridized carbons (Fsp3) is 0.111. The molecule has 2 aromatic carbocycles. The second-order valence-corrected chi connectivity index (χ2v) is 5.51. The van der Waals surface area contributed by atoms with E-state index in [1.54, 1.807) is 19.1 Å². The highest BCUT2D eigenvalue weighted by Crippen LogP contribution is 2.29. The van der Waals surface area contributed by atoms with Gasteiger partial charge in [0.05, 0.1) is 17.2 Å². The van der Waals surface area contributed by atoms with Crippen LogP contribution in [0.25, 0.3) is 5.69 Å². The van der Waals surface area contributed by atoms with E-state index < -0.39 is 10.9 Å². The molecule has 0 saturated heterocycles. The number of nitrogens with zero attached hydrogens (tertiary/aromatic N) is 3. The normalized spacial score (nSPS) is 10.4. The average molecular weight is 367 g/mol. The van der Waals surface area contributed by atoms with E-state index >= 15 is 0 Å². The van der Waals surface area contributed by atoms with E-state index in [1.807, 2.05) is 18.2 Å². The molecule has 3 aromatic rings. The molecule has 0 aliphatic carbocycles. The van der Waals surface area contributed by atoms with E-state index in [-0.39, 0.29) is 29.5 Å². The molecule has 0 aliphatic rings. The van der Waals surface area contributed by atoms with Gasteiger partial charge >= 0.3 is 5.97 Å². The highest BCUT2D eigenvalue weighted by molar-refractivity contribution is 6.00. The number of esters is 1. The van der Waals surface area contributed by atoms with E-state index in [9.17, 15) is 14.9 Å². The van der Waals surface area contributed by atoms with E-state index in [4.69, 9.17) is 10.5 Å². The number of ether oxygens (including phenoxy) is 1. The smallest absolute Gasteiger partial charge is 0.345 e. The number of nitro groups is 1. The molecule has 0 radical (unpaired) electrons. The molecule has 0 aliphatic heterocycles. The van der Waals surface area contributed by atoms with Crippen molar-refractivity contribution in [1.82, 2.24) is 9.78 Å². The summed E-state index contributed by atoms with van der Waals surface area (Å²) in [5.74, 6) is -0.283. The second kappa shape index (κ2) is 7.56. The van der Waals surface area contributed by atoms with Crippen molar-refractivity contribution in [3.05, 3.63) is 70.3 Å². The molecular formula is C18H17N5O4. The van der Waals surface area contributed by atoms with Crippen molar-refractivity contribution in [2.75, 3.05) is 17.7 Å². The fourth-order valence-corrected chi connectivity index (χ4v) is 2.49. The first-order valence-corrected chi connectivity index (χ1v) is 8.13. The van der Waals surface area contributed by atoms with Gasteiger partial charge in [0.1, 0.15) is 11.4 Å². The predicted molar refractivity (Wildman–Crippen MR) is 100 cm³/mol. The maximum absolute atomic E-state index is 12.4. The number of carbonyl (C=O) groups excluding carboxylic acids is 1. The maximum Gasteiger partial charge on any atom is 0.345 e. The van der Waals surface area contributed by atoms with Crippen LogP contribution in [-0.4, -0.2) is 27.3 Å². The van der Waals surface area contributed by atoms with E-state index in [1.165, 1.54) is 28.9 Å². The van der Waals surface area contributed by atoms with Gasteiger partial charge in [0, 0.05) is 17.8 Å². The first-order chi connectivity index (χ1) is 13.0. The number of nitrogens with one attached hydrogen (secondary N) is 1. The van der Waals surface area contributed by atoms with Crippen LogP contribution in [0.2, 0.25) is 0 Å². The van der Waals surface area contributed by atoms with Crippen LogP contribution < -0.4 is 11.1 Å². The molecular weight excluding hydrogens is 350 g/mol. The summed E-state index contributed by atoms with van der Waals surface area (Å²) in [6.07, 6.45) is 0. The van der Waals surface area contributed by atoms with Crippen molar-refractivity contribution >= 4 is 29.0 Å². The lowest BCUT2D eigenvalue weighted by Gasteiger charge is -2.06. The molecule has 0 atom stereocenters. The number of carbonyl (C=O) groups is 1. The van der Waals surface area contributed by atoms with Gasteiger partial charge in [-0.15, -0.1) is 5.10 Å². The highest BCUT2D eigenvalue weighted by Gasteiger charge is 2.24. The number of hydrogen-bond acceptors (Lipinski definition) is 7. The van der Waals surface area contributed by atoms with Gasteiger partial charge in [-0.05, 0) is 31.2 Å². The zero-order chi connectivity index (χ0) is 19.4. The molecule has 0 saturated carbocycles. The molecule has 3 N–H and O–H groups in total. The number of hydrogen-bond donors (Lipinski definition) is 2. The Labute approximate surface area is 154 Å². The van der Waals surface area contributed by atoms with Crippen LogP contribution in [0.4, 0.5) is 23.0 Å². The van der Waals surface area contributed by atoms with Crippen molar-refractivity contribution in [2.24, 2.45) is 0 Å². The van der Waals surface area contributed by atoms with Crippen LogP contribution in [0.5, 0.6) is 0 Å². The minimum atomic E-state index is -0.610. The van der Waals surface area contributed by atoms with Crippen LogP contribution >= 0.6 is 0 Å². The molecule has 1 aromatic heterocycles. The minimum Gasteiger partial charge on any atom is -0.462 e. The number of para-hydroxylation sites is 1. The molecule has 3 rings (SSSR count). The van der Waals surface area contributed by atoms with Gasteiger partial charge in [0.15, 0.2) is 5.82 Å². The van der Waals surface area contributed by atoms with Crippen LogP contribution in [-0.2, 0) is 4.74 Å². The first-order valence-electron chi connectivity index (χ1n) is 8.13. The molecule has 1 heterocycles. The lowest BCUT2D eigenvalue weighted by molar-refractivity contribution is -0.384. The Balaban J connectivity index is 2.02. The summed E-state index contributed by atoms with van der Waals surface area (Å²) in [4.78, 5) is 22.7. The van der Waals surface area contributed by atoms with Gasteiger partial charge in [-0.3, -0.25) is 10.1 Å². The summed E-state index contributed by atoms with van der Waals surface area (Å²) < 4.78 is 6.52. The molecule has 0 fully saturated rings. The van der Waals surface area contributed by atoms with Gasteiger partial charge in [-0.2, -0.15) is 0 Å². The second-order valence-electron chi connectivity index (χ2n) is 5.51. The molecule has 0 amide bonds. The number of non-ortho nitro benzene ring substituents is 1. The Morgan fingerprint density at radius 2 is 1.89 bits per heavy atom. The number of anilines is 3. The third-order valence-electron chi connectivity index (χ3n) is 3.74. The van der Waals surface area contributed by atoms with Crippen molar-refractivity contribution in [3.63, 3.8) is 0 Å². The zero-order valence-corrected chi connectivity index (χ0v) is 14.5. The van der Waals surface area contributed by atoms with Crippen LogP contribution in [0.3, 0.4) is 0 Å². The number of nitrogens with two attached hydrogens (primary N) is 1. The predicted octanol–water partition coefficient (Wildman–Crippen LogP) is 3.28. The monoisotopic (exact) mass is 367 g/mol. The molecule has 9 nitrogen and oxygen atoms in total. The van der Waals surface area contributed by atoms with Crippen molar-refractivity contribution in [3.8, 4) is 5.69 Å². The topological polar surface area (TPSA) is 125 Å². The van der Waals surface area contributed by atoms with E-state index in [0.717, 1.165) is 0 Å². The first kappa shape index (κ1) is 17.9. The molecule has 138 valence electrons. The molecule has 27 heavy (non-hydrogen) atoms. The SMILES string of the molecule is CCOC(=O)c1c(Nc2ccc([N+](=O)[O-])cc2)nn(-c2ccccc2)c1N. The lowest BCUT2D eigenvalue weighted by Crippen LogP contribution is -2.10. The van der Waals surface area contributed by atoms with Crippen LogP contribution in [0, 0.1) is 10.1 Å². The standard InChI is InChI=1S/C18H17N5O4/c1-2-27-18(24)15-16(19)22(13-6-4-3-5-7-13)21-17(15)20-12-8-10-14(11-9-12)23(25)26/h3-11H,2,19H2,1H3,(H,20,21). The Bertz CT molecular complexity index is 967. The van der Waals surface area contributed by atoms with Crippen molar-refractivity contribution in [1.29, 1.82) is 0 Å².